The molecule has 0 saturated carbocycles. The largest absolute Gasteiger partial charge is 0.505 e. The smallest absolute Gasteiger partial charge is 0.255 e. The lowest BCUT2D eigenvalue weighted by Crippen LogP contribution is -2.22. The normalized spacial score (nSPS) is 12.3. The van der Waals surface area contributed by atoms with E-state index in [0.29, 0.717) is 23.6 Å². The number of nitrogens with one attached hydrogen (secondary N) is 1. The Morgan fingerprint density at radius 3 is 2.96 bits per heavy atom. The highest BCUT2D eigenvalue weighted by Crippen LogP contribution is 2.32. The molecule has 0 unspecified atom stereocenters. The molecule has 1 aromatic heterocycles. The van der Waals surface area contributed by atoms with Crippen molar-refractivity contribution in [3.63, 3.8) is 0 Å². The average molecular weight is 322 g/mol. The fourth-order valence-electron chi connectivity index (χ4n) is 2.64. The number of aromatic hydroxyl groups is 1. The standard InChI is InChI=1S/C18H14N2O4/c21-17-13(5-4-12-2-1-7-19-16(12)17)18(22)20-9-11-3-6-14-15(8-11)24-10-23-14/h1-8,21H,9-10H2,(H,20,22). The van der Waals surface area contributed by atoms with Crippen LogP contribution < -0.4 is 14.8 Å². The number of amides is 1. The quantitative estimate of drug-likeness (QED) is 0.775. The van der Waals surface area contributed by atoms with Gasteiger partial charge in [-0.25, -0.2) is 0 Å². The number of nitrogens with zero attached hydrogens (tertiary/aromatic N) is 1. The highest BCUT2D eigenvalue weighted by molar-refractivity contribution is 6.02. The lowest BCUT2D eigenvalue weighted by atomic mass is 10.1. The van der Waals surface area contributed by atoms with Gasteiger partial charge in [0.2, 0.25) is 6.79 Å². The number of pyridine rings is 1. The third kappa shape index (κ3) is 2.48. The molecular weight excluding hydrogens is 308 g/mol. The molecule has 1 aliphatic heterocycles. The van der Waals surface area contributed by atoms with Gasteiger partial charge in [-0.15, -0.1) is 0 Å². The van der Waals surface area contributed by atoms with E-state index in [2.05, 4.69) is 10.3 Å². The first-order valence-electron chi connectivity index (χ1n) is 7.46. The number of hydrogen-bond acceptors (Lipinski definition) is 5. The number of hydrogen-bond donors (Lipinski definition) is 2. The number of carbonyl (C=O) groups is 1. The van der Waals surface area contributed by atoms with Crippen molar-refractivity contribution in [1.82, 2.24) is 10.3 Å². The zero-order chi connectivity index (χ0) is 16.5. The van der Waals surface area contributed by atoms with E-state index in [9.17, 15) is 9.90 Å². The molecule has 0 spiro atoms. The number of aromatic nitrogens is 1. The first-order valence-corrected chi connectivity index (χ1v) is 7.46. The molecule has 3 aromatic rings. The van der Waals surface area contributed by atoms with Crippen LogP contribution in [-0.4, -0.2) is 22.8 Å². The summed E-state index contributed by atoms with van der Waals surface area (Å²) >= 11 is 0. The van der Waals surface area contributed by atoms with Crippen molar-refractivity contribution in [2.24, 2.45) is 0 Å². The maximum Gasteiger partial charge on any atom is 0.255 e. The van der Waals surface area contributed by atoms with E-state index in [-0.39, 0.29) is 24.0 Å². The number of fused-ring (bicyclic) bond motifs is 2. The van der Waals surface area contributed by atoms with Crippen LogP contribution in [0.25, 0.3) is 10.9 Å². The molecule has 0 aliphatic carbocycles. The summed E-state index contributed by atoms with van der Waals surface area (Å²) in [6.07, 6.45) is 1.58. The van der Waals surface area contributed by atoms with Crippen molar-refractivity contribution in [1.29, 1.82) is 0 Å². The molecule has 1 amide bonds. The molecular formula is C18H14N2O4. The molecule has 1 aliphatic rings. The summed E-state index contributed by atoms with van der Waals surface area (Å²) < 4.78 is 10.6. The van der Waals surface area contributed by atoms with E-state index < -0.39 is 0 Å². The Labute approximate surface area is 137 Å². The van der Waals surface area contributed by atoms with Gasteiger partial charge < -0.3 is 19.9 Å². The number of ether oxygens (including phenoxy) is 2. The van der Waals surface area contributed by atoms with Gasteiger partial charge in [0.15, 0.2) is 17.2 Å². The zero-order valence-corrected chi connectivity index (χ0v) is 12.7. The molecule has 4 rings (SSSR count). The highest BCUT2D eigenvalue weighted by Gasteiger charge is 2.16. The maximum atomic E-state index is 12.4. The lowest BCUT2D eigenvalue weighted by molar-refractivity contribution is 0.0948. The van der Waals surface area contributed by atoms with Crippen molar-refractivity contribution in [3.05, 3.63) is 59.8 Å². The number of rotatable bonds is 3. The van der Waals surface area contributed by atoms with Crippen LogP contribution in [0.2, 0.25) is 0 Å². The summed E-state index contributed by atoms with van der Waals surface area (Å²) in [6, 6.07) is 12.4. The van der Waals surface area contributed by atoms with Crippen molar-refractivity contribution in [2.45, 2.75) is 6.54 Å². The molecule has 0 bridgehead atoms. The molecule has 0 fully saturated rings. The minimum atomic E-state index is -0.363. The van der Waals surface area contributed by atoms with Crippen LogP contribution in [0.1, 0.15) is 15.9 Å². The lowest BCUT2D eigenvalue weighted by Gasteiger charge is -2.09. The summed E-state index contributed by atoms with van der Waals surface area (Å²) in [5.41, 5.74) is 1.49. The third-order valence-electron chi connectivity index (χ3n) is 3.88. The minimum absolute atomic E-state index is 0.115. The third-order valence-corrected chi connectivity index (χ3v) is 3.88. The van der Waals surface area contributed by atoms with Crippen LogP contribution in [0.3, 0.4) is 0 Å². The van der Waals surface area contributed by atoms with E-state index in [4.69, 9.17) is 9.47 Å². The highest BCUT2D eigenvalue weighted by atomic mass is 16.7. The average Bonchev–Trinajstić information content (AvgIpc) is 3.08. The Bertz CT molecular complexity index is 939. The number of phenolic OH excluding ortho intramolecular Hbond substituents is 1. The summed E-state index contributed by atoms with van der Waals surface area (Å²) in [6.45, 7) is 0.526. The number of benzene rings is 2. The molecule has 2 heterocycles. The van der Waals surface area contributed by atoms with Crippen LogP contribution in [0, 0.1) is 0 Å². The Morgan fingerprint density at radius 1 is 1.17 bits per heavy atom. The van der Waals surface area contributed by atoms with Gasteiger partial charge in [-0.3, -0.25) is 9.78 Å². The van der Waals surface area contributed by atoms with E-state index in [1.54, 1.807) is 30.5 Å². The topological polar surface area (TPSA) is 80.7 Å². The second-order valence-electron chi connectivity index (χ2n) is 5.41. The van der Waals surface area contributed by atoms with Crippen LogP contribution in [-0.2, 0) is 6.54 Å². The SMILES string of the molecule is O=C(NCc1ccc2c(c1)OCO2)c1ccc2cccnc2c1O. The van der Waals surface area contributed by atoms with Gasteiger partial charge in [-0.05, 0) is 29.8 Å². The Kier molecular flexibility index (Phi) is 3.42. The molecule has 120 valence electrons. The van der Waals surface area contributed by atoms with Crippen LogP contribution >= 0.6 is 0 Å². The molecule has 6 heteroatoms. The van der Waals surface area contributed by atoms with Gasteiger partial charge in [0.1, 0.15) is 5.52 Å². The van der Waals surface area contributed by atoms with Gasteiger partial charge in [-0.1, -0.05) is 18.2 Å². The number of carbonyl (C=O) groups excluding carboxylic acids is 1. The van der Waals surface area contributed by atoms with Gasteiger partial charge in [-0.2, -0.15) is 0 Å². The van der Waals surface area contributed by atoms with Crippen molar-refractivity contribution in [2.75, 3.05) is 6.79 Å². The van der Waals surface area contributed by atoms with E-state index in [0.717, 1.165) is 10.9 Å². The summed E-state index contributed by atoms with van der Waals surface area (Å²) in [5.74, 6) is 0.886. The van der Waals surface area contributed by atoms with Gasteiger partial charge >= 0.3 is 0 Å². The summed E-state index contributed by atoms with van der Waals surface area (Å²) in [7, 11) is 0. The predicted molar refractivity (Wildman–Crippen MR) is 87.1 cm³/mol. The van der Waals surface area contributed by atoms with E-state index in [1.165, 1.54) is 0 Å². The Hall–Kier alpha value is -3.28. The minimum Gasteiger partial charge on any atom is -0.505 e. The van der Waals surface area contributed by atoms with Crippen LogP contribution in [0.4, 0.5) is 0 Å². The number of phenols is 1. The summed E-state index contributed by atoms with van der Waals surface area (Å²) in [4.78, 5) is 16.5. The Morgan fingerprint density at radius 2 is 2.04 bits per heavy atom. The van der Waals surface area contributed by atoms with E-state index in [1.807, 2.05) is 18.2 Å². The fourth-order valence-corrected chi connectivity index (χ4v) is 2.64. The van der Waals surface area contributed by atoms with Gasteiger partial charge in [0, 0.05) is 18.1 Å². The summed E-state index contributed by atoms with van der Waals surface area (Å²) in [5, 5.41) is 13.9. The fraction of sp³-hybridized carbons (Fsp3) is 0.111. The molecule has 2 N–H and O–H groups in total. The second-order valence-corrected chi connectivity index (χ2v) is 5.41. The first kappa shape index (κ1) is 14.3. The van der Waals surface area contributed by atoms with Crippen molar-refractivity contribution >= 4 is 16.8 Å². The maximum absolute atomic E-state index is 12.4. The van der Waals surface area contributed by atoms with Gasteiger partial charge in [0.25, 0.3) is 5.91 Å². The second kappa shape index (κ2) is 5.73. The van der Waals surface area contributed by atoms with E-state index >= 15 is 0 Å². The van der Waals surface area contributed by atoms with Gasteiger partial charge in [0.05, 0.1) is 5.56 Å². The monoisotopic (exact) mass is 322 g/mol. The van der Waals surface area contributed by atoms with Crippen LogP contribution in [0.15, 0.2) is 48.7 Å². The molecule has 24 heavy (non-hydrogen) atoms. The molecule has 6 nitrogen and oxygen atoms in total. The molecule has 2 aromatic carbocycles. The zero-order valence-electron chi connectivity index (χ0n) is 12.7. The van der Waals surface area contributed by atoms with Crippen molar-refractivity contribution < 1.29 is 19.4 Å². The van der Waals surface area contributed by atoms with Crippen LogP contribution in [0.5, 0.6) is 17.2 Å². The first-order chi connectivity index (χ1) is 11.7. The Balaban J connectivity index is 1.53. The van der Waals surface area contributed by atoms with Crippen molar-refractivity contribution in [3.8, 4) is 17.2 Å². The molecule has 0 atom stereocenters. The predicted octanol–water partition coefficient (Wildman–Crippen LogP) is 2.60. The molecule has 0 radical (unpaired) electrons. The molecule has 0 saturated heterocycles.